The molecule has 35 heavy (non-hydrogen) atoms. The van der Waals surface area contributed by atoms with Crippen LogP contribution in [0.3, 0.4) is 0 Å². The average molecular weight is 460 g/mol. The highest BCUT2D eigenvalue weighted by atomic mass is 15.1. The molecule has 176 valence electrons. The summed E-state index contributed by atoms with van der Waals surface area (Å²) in [6, 6.07) is 23.8. The van der Waals surface area contributed by atoms with Gasteiger partial charge in [-0.3, -0.25) is 4.99 Å². The molecule has 5 rings (SSSR count). The van der Waals surface area contributed by atoms with Gasteiger partial charge in [0.2, 0.25) is 0 Å². The predicted octanol–water partition coefficient (Wildman–Crippen LogP) is 7.25. The Morgan fingerprint density at radius 1 is 0.971 bits per heavy atom. The van der Waals surface area contributed by atoms with Gasteiger partial charge in [-0.05, 0) is 65.6 Å². The van der Waals surface area contributed by atoms with Gasteiger partial charge in [0.1, 0.15) is 0 Å². The molecule has 1 atom stereocenters. The number of aliphatic imine (C=N–C) groups is 2. The molecular formula is C32H33N3. The van der Waals surface area contributed by atoms with Gasteiger partial charge in [0.15, 0.2) is 5.84 Å². The van der Waals surface area contributed by atoms with Gasteiger partial charge in [-0.25, -0.2) is 4.99 Å². The summed E-state index contributed by atoms with van der Waals surface area (Å²) in [6.07, 6.45) is 8.76. The first-order valence-electron chi connectivity index (χ1n) is 12.4. The summed E-state index contributed by atoms with van der Waals surface area (Å²) >= 11 is 0. The summed E-state index contributed by atoms with van der Waals surface area (Å²) in [4.78, 5) is 12.3. The number of amidine groups is 1. The Bertz CT molecular complexity index is 1360. The van der Waals surface area contributed by atoms with Crippen LogP contribution in [-0.4, -0.2) is 25.6 Å². The van der Waals surface area contributed by atoms with E-state index in [1.165, 1.54) is 39.1 Å². The number of rotatable bonds is 5. The molecule has 0 bridgehead atoms. The Labute approximate surface area is 209 Å². The van der Waals surface area contributed by atoms with Crippen molar-refractivity contribution in [1.82, 2.24) is 0 Å². The Morgan fingerprint density at radius 2 is 1.80 bits per heavy atom. The number of benzene rings is 3. The predicted molar refractivity (Wildman–Crippen MR) is 150 cm³/mol. The first-order chi connectivity index (χ1) is 17.0. The number of hydrogen-bond donors (Lipinski definition) is 0. The molecule has 0 saturated heterocycles. The van der Waals surface area contributed by atoms with Crippen LogP contribution in [0.15, 0.2) is 101 Å². The minimum atomic E-state index is 0.586. The van der Waals surface area contributed by atoms with E-state index >= 15 is 0 Å². The average Bonchev–Trinajstić information content (AvgIpc) is 3.25. The normalized spacial score (nSPS) is 17.1. The first-order valence-corrected chi connectivity index (χ1v) is 12.4. The van der Waals surface area contributed by atoms with Gasteiger partial charge in [-0.15, -0.1) is 0 Å². The van der Waals surface area contributed by atoms with Gasteiger partial charge in [-0.1, -0.05) is 79.7 Å². The third-order valence-corrected chi connectivity index (χ3v) is 6.88. The lowest BCUT2D eigenvalue weighted by atomic mass is 9.96. The third kappa shape index (κ3) is 4.90. The van der Waals surface area contributed by atoms with E-state index in [0.717, 1.165) is 30.0 Å². The van der Waals surface area contributed by atoms with Gasteiger partial charge >= 0.3 is 0 Å². The van der Waals surface area contributed by atoms with Crippen molar-refractivity contribution in [2.75, 3.05) is 19.0 Å². The van der Waals surface area contributed by atoms with E-state index in [-0.39, 0.29) is 0 Å². The highest BCUT2D eigenvalue weighted by molar-refractivity contribution is 6.12. The molecule has 0 amide bonds. The van der Waals surface area contributed by atoms with E-state index in [1.54, 1.807) is 0 Å². The molecule has 3 heteroatoms. The van der Waals surface area contributed by atoms with Crippen LogP contribution < -0.4 is 4.90 Å². The summed E-state index contributed by atoms with van der Waals surface area (Å²) < 4.78 is 0. The van der Waals surface area contributed by atoms with Crippen molar-refractivity contribution in [3.05, 3.63) is 113 Å². The lowest BCUT2D eigenvalue weighted by molar-refractivity contribution is 0.734. The molecule has 0 aliphatic heterocycles. The molecule has 2 aliphatic rings. The molecule has 3 aromatic carbocycles. The molecule has 2 aliphatic carbocycles. The van der Waals surface area contributed by atoms with Crippen LogP contribution >= 0.6 is 0 Å². The van der Waals surface area contributed by atoms with E-state index in [2.05, 4.69) is 112 Å². The molecule has 0 heterocycles. The van der Waals surface area contributed by atoms with Crippen LogP contribution in [0.2, 0.25) is 0 Å². The topological polar surface area (TPSA) is 28.0 Å². The summed E-state index contributed by atoms with van der Waals surface area (Å²) in [7, 11) is 4.23. The van der Waals surface area contributed by atoms with E-state index in [4.69, 9.17) is 9.98 Å². The fraction of sp³-hybridized carbons (Fsp3) is 0.250. The summed E-state index contributed by atoms with van der Waals surface area (Å²) in [6.45, 7) is 4.95. The lowest BCUT2D eigenvalue weighted by Crippen LogP contribution is -2.10. The number of hydrogen-bond acceptors (Lipinski definition) is 2. The van der Waals surface area contributed by atoms with Crippen LogP contribution in [0.25, 0.3) is 11.1 Å². The SMILES string of the molecule is C/C(=N\C(=N/Cc1ccccc1)c1ccc2c(c1)Cc1cccc(N(C)C)c1-2)C1=CCC(C)C=C1. The van der Waals surface area contributed by atoms with Crippen LogP contribution in [0.4, 0.5) is 5.69 Å². The zero-order valence-corrected chi connectivity index (χ0v) is 21.1. The summed E-state index contributed by atoms with van der Waals surface area (Å²) in [5.74, 6) is 1.38. The number of nitrogens with zero attached hydrogens (tertiary/aromatic N) is 3. The summed E-state index contributed by atoms with van der Waals surface area (Å²) in [5.41, 5.74) is 11.1. The molecule has 0 aromatic heterocycles. The van der Waals surface area contributed by atoms with E-state index in [9.17, 15) is 0 Å². The maximum Gasteiger partial charge on any atom is 0.155 e. The molecule has 3 aromatic rings. The Morgan fingerprint density at radius 3 is 2.54 bits per heavy atom. The van der Waals surface area contributed by atoms with Gasteiger partial charge in [-0.2, -0.15) is 0 Å². The smallest absolute Gasteiger partial charge is 0.155 e. The Balaban J connectivity index is 1.53. The van der Waals surface area contributed by atoms with Crippen molar-refractivity contribution in [3.8, 4) is 11.1 Å². The third-order valence-electron chi connectivity index (χ3n) is 6.88. The highest BCUT2D eigenvalue weighted by Gasteiger charge is 2.23. The second kappa shape index (κ2) is 9.87. The van der Waals surface area contributed by atoms with Crippen molar-refractivity contribution in [1.29, 1.82) is 0 Å². The monoisotopic (exact) mass is 459 g/mol. The van der Waals surface area contributed by atoms with Crippen LogP contribution in [0.1, 0.15) is 42.5 Å². The standard InChI is InChI=1S/C32H33N3/c1-22-13-15-25(16-14-22)23(2)34-32(33-21-24-9-6-5-7-10-24)27-17-18-29-28(20-27)19-26-11-8-12-30(31(26)29)35(3)4/h5-13,15-18,20,22H,14,19,21H2,1-4H3/b33-32-,34-23+. The minimum absolute atomic E-state index is 0.586. The second-order valence-electron chi connectivity index (χ2n) is 9.81. The zero-order valence-electron chi connectivity index (χ0n) is 21.1. The van der Waals surface area contributed by atoms with Crippen molar-refractivity contribution >= 4 is 17.2 Å². The Kier molecular flexibility index (Phi) is 6.50. The molecule has 0 N–H and O–H groups in total. The fourth-order valence-electron chi connectivity index (χ4n) is 4.91. The first kappa shape index (κ1) is 23.0. The van der Waals surface area contributed by atoms with Crippen LogP contribution in [0, 0.1) is 5.92 Å². The van der Waals surface area contributed by atoms with Crippen molar-refractivity contribution < 1.29 is 0 Å². The maximum atomic E-state index is 5.07. The van der Waals surface area contributed by atoms with E-state index in [0.29, 0.717) is 12.5 Å². The molecule has 0 radical (unpaired) electrons. The van der Waals surface area contributed by atoms with E-state index in [1.807, 2.05) is 6.07 Å². The minimum Gasteiger partial charge on any atom is -0.377 e. The fourth-order valence-corrected chi connectivity index (χ4v) is 4.91. The molecule has 1 unspecified atom stereocenters. The van der Waals surface area contributed by atoms with Crippen LogP contribution in [0.5, 0.6) is 0 Å². The quantitative estimate of drug-likeness (QED) is 0.228. The molecule has 0 spiro atoms. The Hall–Kier alpha value is -3.72. The van der Waals surface area contributed by atoms with Gasteiger partial charge in [0.25, 0.3) is 0 Å². The van der Waals surface area contributed by atoms with E-state index < -0.39 is 0 Å². The van der Waals surface area contributed by atoms with Crippen molar-refractivity contribution in [2.45, 2.75) is 33.2 Å². The van der Waals surface area contributed by atoms with Gasteiger partial charge in [0, 0.05) is 36.6 Å². The largest absolute Gasteiger partial charge is 0.377 e. The molecule has 0 saturated carbocycles. The number of anilines is 1. The summed E-state index contributed by atoms with van der Waals surface area (Å²) in [5, 5.41) is 0. The highest BCUT2D eigenvalue weighted by Crippen LogP contribution is 2.42. The van der Waals surface area contributed by atoms with Gasteiger partial charge in [0.05, 0.1) is 6.54 Å². The van der Waals surface area contributed by atoms with Crippen molar-refractivity contribution in [2.24, 2.45) is 15.9 Å². The molecule has 3 nitrogen and oxygen atoms in total. The van der Waals surface area contributed by atoms with Crippen molar-refractivity contribution in [3.63, 3.8) is 0 Å². The second-order valence-corrected chi connectivity index (χ2v) is 9.81. The maximum absolute atomic E-state index is 5.07. The van der Waals surface area contributed by atoms with Gasteiger partial charge < -0.3 is 4.90 Å². The zero-order chi connectivity index (χ0) is 24.4. The van der Waals surface area contributed by atoms with Crippen LogP contribution in [-0.2, 0) is 13.0 Å². The molecular weight excluding hydrogens is 426 g/mol. The molecule has 0 fully saturated rings. The number of allylic oxidation sites excluding steroid dienone is 4. The number of fused-ring (bicyclic) bond motifs is 3. The lowest BCUT2D eigenvalue weighted by Gasteiger charge is -2.17.